The minimum Gasteiger partial charge on any atom is -0.348 e. The fourth-order valence-corrected chi connectivity index (χ4v) is 2.71. The number of benzene rings is 1. The van der Waals surface area contributed by atoms with Gasteiger partial charge in [-0.3, -0.25) is 4.79 Å². The number of sulfonamides is 1. The Morgan fingerprint density at radius 1 is 1.45 bits per heavy atom. The van der Waals surface area contributed by atoms with Crippen molar-refractivity contribution in [2.45, 2.75) is 23.8 Å². The van der Waals surface area contributed by atoms with E-state index in [0.717, 1.165) is 31.5 Å². The molecule has 6 nitrogen and oxygen atoms in total. The van der Waals surface area contributed by atoms with E-state index in [1.165, 1.54) is 6.07 Å². The second-order valence-electron chi connectivity index (χ2n) is 4.71. The van der Waals surface area contributed by atoms with Gasteiger partial charge in [0.25, 0.3) is 5.91 Å². The number of nitrogens with two attached hydrogens (primary N) is 1. The quantitative estimate of drug-likeness (QED) is 0.729. The van der Waals surface area contributed by atoms with E-state index in [0.29, 0.717) is 6.54 Å². The molecule has 0 aliphatic carbocycles. The molecule has 0 spiro atoms. The molecule has 0 unspecified atom stereocenters. The number of carbonyl (C=O) groups is 1. The smallest absolute Gasteiger partial charge is 0.251 e. The number of rotatable bonds is 3. The van der Waals surface area contributed by atoms with Crippen molar-refractivity contribution in [2.75, 3.05) is 13.1 Å². The summed E-state index contributed by atoms with van der Waals surface area (Å²) < 4.78 is 35.8. The van der Waals surface area contributed by atoms with Crippen LogP contribution in [0.4, 0.5) is 4.39 Å². The summed E-state index contributed by atoms with van der Waals surface area (Å²) in [6, 6.07) is 3.12. The van der Waals surface area contributed by atoms with Gasteiger partial charge >= 0.3 is 0 Å². The molecule has 1 atom stereocenters. The van der Waals surface area contributed by atoms with Crippen molar-refractivity contribution in [3.63, 3.8) is 0 Å². The topological polar surface area (TPSA) is 101 Å². The van der Waals surface area contributed by atoms with Gasteiger partial charge in [-0.15, -0.1) is 0 Å². The summed E-state index contributed by atoms with van der Waals surface area (Å²) in [4.78, 5) is 11.3. The third-order valence-corrected chi connectivity index (χ3v) is 4.08. The Morgan fingerprint density at radius 2 is 2.20 bits per heavy atom. The Morgan fingerprint density at radius 3 is 2.75 bits per heavy atom. The lowest BCUT2D eigenvalue weighted by Crippen LogP contribution is -2.45. The molecular weight excluding hydrogens is 285 g/mol. The zero-order chi connectivity index (χ0) is 14.8. The second kappa shape index (κ2) is 5.86. The monoisotopic (exact) mass is 301 g/mol. The van der Waals surface area contributed by atoms with Crippen molar-refractivity contribution in [2.24, 2.45) is 5.14 Å². The number of hydrogen-bond donors (Lipinski definition) is 3. The Bertz CT molecular complexity index is 612. The zero-order valence-corrected chi connectivity index (χ0v) is 11.5. The van der Waals surface area contributed by atoms with Gasteiger partial charge in [-0.05, 0) is 37.6 Å². The number of amides is 1. The zero-order valence-electron chi connectivity index (χ0n) is 10.7. The van der Waals surface area contributed by atoms with Crippen LogP contribution >= 0.6 is 0 Å². The predicted octanol–water partition coefficient (Wildman–Crippen LogP) is -0.0451. The van der Waals surface area contributed by atoms with Crippen LogP contribution < -0.4 is 15.8 Å². The van der Waals surface area contributed by atoms with Crippen LogP contribution in [0.5, 0.6) is 0 Å². The van der Waals surface area contributed by atoms with E-state index in [2.05, 4.69) is 10.6 Å². The summed E-state index contributed by atoms with van der Waals surface area (Å²) in [5, 5.41) is 10.8. The summed E-state index contributed by atoms with van der Waals surface area (Å²) in [6.07, 6.45) is 1.82. The summed E-state index contributed by atoms with van der Waals surface area (Å²) in [6.45, 7) is 1.59. The van der Waals surface area contributed by atoms with Crippen molar-refractivity contribution < 1.29 is 17.6 Å². The minimum absolute atomic E-state index is 0.00257. The number of nitrogens with one attached hydrogen (secondary N) is 2. The first kappa shape index (κ1) is 14.9. The van der Waals surface area contributed by atoms with Crippen molar-refractivity contribution in [3.8, 4) is 0 Å². The molecule has 1 saturated heterocycles. The summed E-state index contributed by atoms with van der Waals surface area (Å²) in [7, 11) is -4.12. The molecule has 1 amide bonds. The molecule has 2 rings (SSSR count). The van der Waals surface area contributed by atoms with Crippen molar-refractivity contribution >= 4 is 15.9 Å². The van der Waals surface area contributed by atoms with Gasteiger partial charge < -0.3 is 10.6 Å². The molecular formula is C12H16FN3O3S. The van der Waals surface area contributed by atoms with Crippen LogP contribution in [0.1, 0.15) is 23.2 Å². The van der Waals surface area contributed by atoms with Crippen LogP contribution in [0.2, 0.25) is 0 Å². The second-order valence-corrected chi connectivity index (χ2v) is 6.24. The van der Waals surface area contributed by atoms with Crippen LogP contribution in [-0.2, 0) is 10.0 Å². The van der Waals surface area contributed by atoms with Crippen LogP contribution in [0.15, 0.2) is 23.1 Å². The molecule has 0 saturated carbocycles. The standard InChI is InChI=1S/C12H16FN3O3S/c13-10-6-8(3-4-11(10)20(14,18)19)12(17)16-9-2-1-5-15-7-9/h3-4,6,9,15H,1-2,5,7H2,(H,16,17)(H2,14,18,19)/t9-/m0/s1. The van der Waals surface area contributed by atoms with Crippen LogP contribution in [0, 0.1) is 5.82 Å². The molecule has 1 aliphatic rings. The average molecular weight is 301 g/mol. The highest BCUT2D eigenvalue weighted by Gasteiger charge is 2.19. The SMILES string of the molecule is NS(=O)(=O)c1ccc(C(=O)N[C@H]2CCCNC2)cc1F. The van der Waals surface area contributed by atoms with Crippen LogP contribution in [0.3, 0.4) is 0 Å². The van der Waals surface area contributed by atoms with Gasteiger partial charge in [-0.1, -0.05) is 0 Å². The first-order chi connectivity index (χ1) is 9.38. The Balaban J connectivity index is 2.13. The van der Waals surface area contributed by atoms with Gasteiger partial charge in [-0.2, -0.15) is 0 Å². The Kier molecular flexibility index (Phi) is 4.36. The number of primary sulfonamides is 1. The molecule has 1 heterocycles. The molecule has 8 heteroatoms. The van der Waals surface area contributed by atoms with E-state index in [-0.39, 0.29) is 11.6 Å². The molecule has 1 aromatic carbocycles. The lowest BCUT2D eigenvalue weighted by Gasteiger charge is -2.23. The molecule has 1 aliphatic heterocycles. The maximum Gasteiger partial charge on any atom is 0.251 e. The Hall–Kier alpha value is -1.51. The van der Waals surface area contributed by atoms with Crippen molar-refractivity contribution in [3.05, 3.63) is 29.6 Å². The van der Waals surface area contributed by atoms with E-state index in [1.54, 1.807) is 0 Å². The number of halogens is 1. The van der Waals surface area contributed by atoms with Gasteiger partial charge in [0.2, 0.25) is 10.0 Å². The number of piperidine rings is 1. The van der Waals surface area contributed by atoms with Gasteiger partial charge in [0.05, 0.1) is 0 Å². The van der Waals surface area contributed by atoms with Crippen molar-refractivity contribution in [1.82, 2.24) is 10.6 Å². The maximum atomic E-state index is 13.6. The maximum absolute atomic E-state index is 13.6. The van der Waals surface area contributed by atoms with Gasteiger partial charge in [0, 0.05) is 18.2 Å². The van der Waals surface area contributed by atoms with E-state index in [9.17, 15) is 17.6 Å². The molecule has 110 valence electrons. The summed E-state index contributed by atoms with van der Waals surface area (Å²) in [5.41, 5.74) is 0.0699. The molecule has 4 N–H and O–H groups in total. The fraction of sp³-hybridized carbons (Fsp3) is 0.417. The minimum atomic E-state index is -4.12. The molecule has 1 fully saturated rings. The Labute approximate surface area is 116 Å². The highest BCUT2D eigenvalue weighted by Crippen LogP contribution is 2.15. The van der Waals surface area contributed by atoms with E-state index >= 15 is 0 Å². The fourth-order valence-electron chi connectivity index (χ4n) is 2.12. The lowest BCUT2D eigenvalue weighted by atomic mass is 10.1. The van der Waals surface area contributed by atoms with E-state index < -0.39 is 26.6 Å². The highest BCUT2D eigenvalue weighted by atomic mass is 32.2. The van der Waals surface area contributed by atoms with Crippen LogP contribution in [0.25, 0.3) is 0 Å². The number of hydrogen-bond acceptors (Lipinski definition) is 4. The van der Waals surface area contributed by atoms with Crippen LogP contribution in [-0.4, -0.2) is 33.5 Å². The third kappa shape index (κ3) is 3.53. The molecule has 0 aromatic heterocycles. The third-order valence-electron chi connectivity index (χ3n) is 3.13. The van der Waals surface area contributed by atoms with Gasteiger partial charge in [0.1, 0.15) is 10.7 Å². The summed E-state index contributed by atoms with van der Waals surface area (Å²) >= 11 is 0. The largest absolute Gasteiger partial charge is 0.348 e. The normalized spacial score (nSPS) is 19.6. The molecule has 0 radical (unpaired) electrons. The van der Waals surface area contributed by atoms with Gasteiger partial charge in [0.15, 0.2) is 0 Å². The first-order valence-corrected chi connectivity index (χ1v) is 7.76. The first-order valence-electron chi connectivity index (χ1n) is 6.22. The lowest BCUT2D eigenvalue weighted by molar-refractivity contribution is 0.0930. The van der Waals surface area contributed by atoms with Gasteiger partial charge in [-0.25, -0.2) is 17.9 Å². The van der Waals surface area contributed by atoms with E-state index in [1.807, 2.05) is 0 Å². The molecule has 20 heavy (non-hydrogen) atoms. The molecule has 0 bridgehead atoms. The summed E-state index contributed by atoms with van der Waals surface area (Å²) in [5.74, 6) is -1.46. The average Bonchev–Trinajstić information content (AvgIpc) is 2.38. The number of carbonyl (C=O) groups excluding carboxylic acids is 1. The van der Waals surface area contributed by atoms with E-state index in [4.69, 9.17) is 5.14 Å². The predicted molar refractivity (Wildman–Crippen MR) is 71.1 cm³/mol. The van der Waals surface area contributed by atoms with Crippen molar-refractivity contribution in [1.29, 1.82) is 0 Å². The highest BCUT2D eigenvalue weighted by molar-refractivity contribution is 7.89. The molecule has 1 aromatic rings.